The van der Waals surface area contributed by atoms with Crippen molar-refractivity contribution in [2.45, 2.75) is 46.1 Å². The van der Waals surface area contributed by atoms with Gasteiger partial charge in [0.15, 0.2) is 0 Å². The molecule has 3 aromatic carbocycles. The summed E-state index contributed by atoms with van der Waals surface area (Å²) in [5, 5.41) is 4.98. The van der Waals surface area contributed by atoms with Crippen LogP contribution in [0.2, 0.25) is 5.02 Å². The molecular formula is C30H33ClN2O. The van der Waals surface area contributed by atoms with E-state index in [1.165, 1.54) is 22.0 Å². The molecule has 0 bridgehead atoms. The van der Waals surface area contributed by atoms with Crippen molar-refractivity contribution in [2.75, 3.05) is 6.54 Å². The van der Waals surface area contributed by atoms with E-state index in [0.717, 1.165) is 24.1 Å². The summed E-state index contributed by atoms with van der Waals surface area (Å²) in [4.78, 5) is 13.0. The summed E-state index contributed by atoms with van der Waals surface area (Å²) in [6.45, 7) is 7.93. The molecule has 0 saturated carbocycles. The van der Waals surface area contributed by atoms with E-state index in [2.05, 4.69) is 91.4 Å². The van der Waals surface area contributed by atoms with Gasteiger partial charge < -0.3 is 9.88 Å². The van der Waals surface area contributed by atoms with Crippen molar-refractivity contribution in [1.82, 2.24) is 9.88 Å². The standard InChI is InChI=1S/C30H33ClN2O/c1-21(2)15-16-32-30(34)18-27(24-7-6-8-25(31)17-24)28-20-33(29-10-5-4-9-26(28)29)19-23-13-11-22(3)12-14-23/h4-14,17,20-21,27H,15-16,18-19H2,1-3H3,(H,32,34)/t27-/m0/s1. The Labute approximate surface area is 207 Å². The Balaban J connectivity index is 1.71. The van der Waals surface area contributed by atoms with E-state index >= 15 is 0 Å². The van der Waals surface area contributed by atoms with Gasteiger partial charge in [0.25, 0.3) is 0 Å². The van der Waals surface area contributed by atoms with E-state index in [1.807, 2.05) is 18.2 Å². The van der Waals surface area contributed by atoms with E-state index in [9.17, 15) is 4.79 Å². The summed E-state index contributed by atoms with van der Waals surface area (Å²) < 4.78 is 2.30. The second-order valence-corrected chi connectivity index (χ2v) is 10.00. The topological polar surface area (TPSA) is 34.0 Å². The molecule has 0 fully saturated rings. The van der Waals surface area contributed by atoms with Crippen LogP contribution in [0.15, 0.2) is 79.0 Å². The highest BCUT2D eigenvalue weighted by atomic mass is 35.5. The van der Waals surface area contributed by atoms with Gasteiger partial charge in [-0.15, -0.1) is 0 Å². The van der Waals surface area contributed by atoms with Crippen LogP contribution in [0, 0.1) is 12.8 Å². The van der Waals surface area contributed by atoms with E-state index in [-0.39, 0.29) is 11.8 Å². The SMILES string of the molecule is Cc1ccc(Cn2cc([C@@H](CC(=O)NCCC(C)C)c3cccc(Cl)c3)c3ccccc32)cc1. The maximum atomic E-state index is 13.0. The Kier molecular flexibility index (Phi) is 7.74. The number of carbonyl (C=O) groups excluding carboxylic acids is 1. The number of nitrogens with zero attached hydrogens (tertiary/aromatic N) is 1. The van der Waals surface area contributed by atoms with Gasteiger partial charge >= 0.3 is 0 Å². The molecule has 1 amide bonds. The van der Waals surface area contributed by atoms with Crippen LogP contribution in [-0.2, 0) is 11.3 Å². The molecular weight excluding hydrogens is 440 g/mol. The van der Waals surface area contributed by atoms with Crippen LogP contribution in [0.25, 0.3) is 10.9 Å². The fourth-order valence-corrected chi connectivity index (χ4v) is 4.66. The number of halogens is 1. The number of carbonyl (C=O) groups is 1. The van der Waals surface area contributed by atoms with Crippen LogP contribution in [0.5, 0.6) is 0 Å². The molecule has 1 aromatic heterocycles. The van der Waals surface area contributed by atoms with Crippen LogP contribution in [0.4, 0.5) is 0 Å². The number of aryl methyl sites for hydroxylation is 1. The molecule has 1 N–H and O–H groups in total. The number of benzene rings is 3. The van der Waals surface area contributed by atoms with Crippen LogP contribution in [0.3, 0.4) is 0 Å². The molecule has 4 heteroatoms. The van der Waals surface area contributed by atoms with E-state index in [1.54, 1.807) is 0 Å². The van der Waals surface area contributed by atoms with E-state index in [0.29, 0.717) is 23.9 Å². The summed E-state index contributed by atoms with van der Waals surface area (Å²) >= 11 is 6.37. The lowest BCUT2D eigenvalue weighted by molar-refractivity contribution is -0.121. The number of nitrogens with one attached hydrogen (secondary N) is 1. The quantitative estimate of drug-likeness (QED) is 0.271. The number of hydrogen-bond donors (Lipinski definition) is 1. The Hall–Kier alpha value is -3.04. The minimum atomic E-state index is -0.0816. The first-order valence-electron chi connectivity index (χ1n) is 12.1. The molecule has 0 unspecified atom stereocenters. The molecule has 4 aromatic rings. The zero-order valence-corrected chi connectivity index (χ0v) is 21.0. The van der Waals surface area contributed by atoms with Gasteiger partial charge in [-0.2, -0.15) is 0 Å². The van der Waals surface area contributed by atoms with Gasteiger partial charge in [0.05, 0.1) is 0 Å². The molecule has 176 valence electrons. The lowest BCUT2D eigenvalue weighted by Crippen LogP contribution is -2.27. The highest BCUT2D eigenvalue weighted by Crippen LogP contribution is 2.36. The third kappa shape index (κ3) is 5.90. The number of aromatic nitrogens is 1. The van der Waals surface area contributed by atoms with Crippen LogP contribution >= 0.6 is 11.6 Å². The Morgan fingerprint density at radius 3 is 2.50 bits per heavy atom. The second kappa shape index (κ2) is 10.9. The number of para-hydroxylation sites is 1. The zero-order chi connectivity index (χ0) is 24.1. The fraction of sp³-hybridized carbons (Fsp3) is 0.300. The third-order valence-electron chi connectivity index (χ3n) is 6.35. The highest BCUT2D eigenvalue weighted by Gasteiger charge is 2.23. The van der Waals surface area contributed by atoms with Gasteiger partial charge in [-0.25, -0.2) is 0 Å². The normalized spacial score (nSPS) is 12.3. The van der Waals surface area contributed by atoms with Crippen LogP contribution in [0.1, 0.15) is 54.9 Å². The van der Waals surface area contributed by atoms with E-state index < -0.39 is 0 Å². The van der Waals surface area contributed by atoms with Gasteiger partial charge in [0.1, 0.15) is 0 Å². The largest absolute Gasteiger partial charge is 0.356 e. The first-order valence-corrected chi connectivity index (χ1v) is 12.4. The molecule has 0 aliphatic carbocycles. The van der Waals surface area contributed by atoms with Gasteiger partial charge in [0.2, 0.25) is 5.91 Å². The van der Waals surface area contributed by atoms with Crippen LogP contribution < -0.4 is 5.32 Å². The van der Waals surface area contributed by atoms with Crippen molar-refractivity contribution in [3.05, 3.63) is 106 Å². The van der Waals surface area contributed by atoms with Crippen molar-refractivity contribution in [3.63, 3.8) is 0 Å². The van der Waals surface area contributed by atoms with E-state index in [4.69, 9.17) is 11.6 Å². The van der Waals surface area contributed by atoms with Gasteiger partial charge in [-0.1, -0.05) is 85.6 Å². The fourth-order valence-electron chi connectivity index (χ4n) is 4.46. The molecule has 4 rings (SSSR count). The molecule has 0 saturated heterocycles. The lowest BCUT2D eigenvalue weighted by Gasteiger charge is -2.18. The zero-order valence-electron chi connectivity index (χ0n) is 20.2. The summed E-state index contributed by atoms with van der Waals surface area (Å²) in [5.41, 5.74) is 5.90. The number of rotatable bonds is 9. The summed E-state index contributed by atoms with van der Waals surface area (Å²) in [7, 11) is 0. The molecule has 0 spiro atoms. The maximum absolute atomic E-state index is 13.0. The monoisotopic (exact) mass is 472 g/mol. The summed E-state index contributed by atoms with van der Waals surface area (Å²) in [5.74, 6) is 0.548. The first-order chi connectivity index (χ1) is 16.4. The van der Waals surface area contributed by atoms with Crippen molar-refractivity contribution >= 4 is 28.4 Å². The summed E-state index contributed by atoms with van der Waals surface area (Å²) in [6, 6.07) is 25.0. The third-order valence-corrected chi connectivity index (χ3v) is 6.59. The lowest BCUT2D eigenvalue weighted by atomic mass is 9.88. The summed E-state index contributed by atoms with van der Waals surface area (Å²) in [6.07, 6.45) is 3.58. The van der Waals surface area contributed by atoms with Crippen molar-refractivity contribution in [1.29, 1.82) is 0 Å². The van der Waals surface area contributed by atoms with Crippen LogP contribution in [-0.4, -0.2) is 17.0 Å². The molecule has 0 radical (unpaired) electrons. The highest BCUT2D eigenvalue weighted by molar-refractivity contribution is 6.30. The average molecular weight is 473 g/mol. The van der Waals surface area contributed by atoms with Gasteiger partial charge in [-0.3, -0.25) is 4.79 Å². The minimum Gasteiger partial charge on any atom is -0.356 e. The Morgan fingerprint density at radius 2 is 1.76 bits per heavy atom. The van der Waals surface area contributed by atoms with Gasteiger partial charge in [0, 0.05) is 47.6 Å². The molecule has 1 heterocycles. The van der Waals surface area contributed by atoms with Crippen molar-refractivity contribution in [3.8, 4) is 0 Å². The maximum Gasteiger partial charge on any atom is 0.220 e. The molecule has 3 nitrogen and oxygen atoms in total. The smallest absolute Gasteiger partial charge is 0.220 e. The Bertz CT molecular complexity index is 1260. The second-order valence-electron chi connectivity index (χ2n) is 9.56. The number of fused-ring (bicyclic) bond motifs is 1. The van der Waals surface area contributed by atoms with Crippen molar-refractivity contribution in [2.24, 2.45) is 5.92 Å². The molecule has 0 aliphatic rings. The average Bonchev–Trinajstić information content (AvgIpc) is 3.17. The predicted molar refractivity (Wildman–Crippen MR) is 143 cm³/mol. The van der Waals surface area contributed by atoms with Crippen molar-refractivity contribution < 1.29 is 4.79 Å². The number of amides is 1. The first kappa shape index (κ1) is 24.1. The molecule has 1 atom stereocenters. The molecule has 34 heavy (non-hydrogen) atoms. The Morgan fingerprint density at radius 1 is 1.00 bits per heavy atom. The molecule has 0 aliphatic heterocycles. The predicted octanol–water partition coefficient (Wildman–Crippen LogP) is 7.34. The minimum absolute atomic E-state index is 0.0704. The van der Waals surface area contributed by atoms with Gasteiger partial charge in [-0.05, 0) is 54.2 Å². The number of hydrogen-bond acceptors (Lipinski definition) is 1.